The van der Waals surface area contributed by atoms with Gasteiger partial charge < -0.3 is 10.1 Å². The quantitative estimate of drug-likeness (QED) is 0.413. The number of rotatable bonds is 5. The molecule has 1 saturated carbocycles. The van der Waals surface area contributed by atoms with Crippen molar-refractivity contribution >= 4 is 45.3 Å². The second kappa shape index (κ2) is 7.40. The normalized spacial score (nSPS) is 27.9. The number of hydrogen-bond acceptors (Lipinski definition) is 5. The monoisotopic (exact) mass is 460 g/mol. The van der Waals surface area contributed by atoms with Gasteiger partial charge in [-0.05, 0) is 55.9 Å². The van der Waals surface area contributed by atoms with E-state index in [1.807, 2.05) is 25.1 Å². The average Bonchev–Trinajstić information content (AvgIpc) is 3.35. The number of carbonyl (C=O) groups is 4. The zero-order chi connectivity index (χ0) is 20.9. The summed E-state index contributed by atoms with van der Waals surface area (Å²) < 4.78 is 5.97. The lowest BCUT2D eigenvalue weighted by Gasteiger charge is -2.23. The number of ether oxygens (including phenoxy) is 1. The van der Waals surface area contributed by atoms with Crippen molar-refractivity contribution in [2.45, 2.75) is 26.3 Å². The summed E-state index contributed by atoms with van der Waals surface area (Å²) in [6.07, 6.45) is 4.82. The van der Waals surface area contributed by atoms with E-state index in [9.17, 15) is 19.2 Å². The first-order chi connectivity index (χ1) is 13.8. The maximum absolute atomic E-state index is 12.8. The first-order valence-electron chi connectivity index (χ1n) is 9.56. The lowest BCUT2D eigenvalue weighted by atomic mass is 9.85. The topological polar surface area (TPSA) is 92.8 Å². The maximum Gasteiger partial charge on any atom is 0.329 e. The molecule has 0 spiro atoms. The summed E-state index contributed by atoms with van der Waals surface area (Å²) in [6, 6.07) is 4.33. The highest BCUT2D eigenvalue weighted by Crippen LogP contribution is 2.52. The number of imide groups is 1. The van der Waals surface area contributed by atoms with Gasteiger partial charge in [0.1, 0.15) is 6.04 Å². The first kappa shape index (κ1) is 19.8. The fraction of sp³-hybridized carbons (Fsp3) is 0.429. The standard InChI is InChI=1S/C21H21BrN2O5/c1-10-7-14(22)5-6-15(10)23-16(25)9-29-21(28)11(2)24-19(26)17-12-3-4-13(8-12)18(17)20(24)27/h3-7,11-13,17-18H,8-9H2,1-2H3,(H,23,25)/t11-,12-,13-,17-,18-/m0/s1. The molecule has 3 aliphatic rings. The van der Waals surface area contributed by atoms with Crippen LogP contribution in [-0.2, 0) is 23.9 Å². The Bertz CT molecular complexity index is 913. The van der Waals surface area contributed by atoms with Gasteiger partial charge in [-0.1, -0.05) is 28.1 Å². The molecule has 2 aliphatic carbocycles. The number of nitrogens with one attached hydrogen (secondary N) is 1. The molecule has 1 aromatic rings. The number of likely N-dealkylation sites (tertiary alicyclic amines) is 1. The highest BCUT2D eigenvalue weighted by Gasteiger charge is 2.60. The fourth-order valence-corrected chi connectivity index (χ4v) is 5.10. The molecule has 5 atom stereocenters. The smallest absolute Gasteiger partial charge is 0.329 e. The Labute approximate surface area is 176 Å². The van der Waals surface area contributed by atoms with E-state index >= 15 is 0 Å². The number of fused-ring (bicyclic) bond motifs is 5. The molecule has 1 N–H and O–H groups in total. The third-order valence-corrected chi connectivity index (χ3v) is 6.53. The molecule has 1 heterocycles. The molecule has 1 saturated heterocycles. The van der Waals surface area contributed by atoms with E-state index in [-0.39, 0.29) is 35.5 Å². The number of anilines is 1. The summed E-state index contributed by atoms with van der Waals surface area (Å²) in [4.78, 5) is 51.1. The SMILES string of the molecule is Cc1cc(Br)ccc1NC(=O)COC(=O)[C@H](C)N1C(=O)[C@@H]2[C@@H](C1=O)[C@H]1C=C[C@H]2C1. The Balaban J connectivity index is 1.35. The minimum atomic E-state index is -1.05. The van der Waals surface area contributed by atoms with E-state index < -0.39 is 24.5 Å². The largest absolute Gasteiger partial charge is 0.454 e. The van der Waals surface area contributed by atoms with Gasteiger partial charge >= 0.3 is 5.97 Å². The van der Waals surface area contributed by atoms with Gasteiger partial charge in [0.2, 0.25) is 11.8 Å². The molecule has 4 rings (SSSR count). The predicted octanol–water partition coefficient (Wildman–Crippen LogP) is 2.43. The summed E-state index contributed by atoms with van der Waals surface area (Å²) in [7, 11) is 0. The van der Waals surface area contributed by atoms with E-state index in [4.69, 9.17) is 4.74 Å². The van der Waals surface area contributed by atoms with E-state index in [0.717, 1.165) is 21.4 Å². The zero-order valence-corrected chi connectivity index (χ0v) is 17.6. The summed E-state index contributed by atoms with van der Waals surface area (Å²) in [5.41, 5.74) is 1.47. The van der Waals surface area contributed by atoms with Gasteiger partial charge in [0, 0.05) is 10.2 Å². The van der Waals surface area contributed by atoms with Crippen LogP contribution >= 0.6 is 15.9 Å². The second-order valence-corrected chi connectivity index (χ2v) is 8.75. The van der Waals surface area contributed by atoms with Crippen molar-refractivity contribution < 1.29 is 23.9 Å². The molecule has 7 nitrogen and oxygen atoms in total. The maximum atomic E-state index is 12.8. The molecule has 2 bridgehead atoms. The predicted molar refractivity (Wildman–Crippen MR) is 107 cm³/mol. The van der Waals surface area contributed by atoms with Gasteiger partial charge in [0.25, 0.3) is 5.91 Å². The van der Waals surface area contributed by atoms with E-state index in [1.54, 1.807) is 12.1 Å². The number of amides is 3. The number of aryl methyl sites for hydroxylation is 1. The summed E-state index contributed by atoms with van der Waals surface area (Å²) in [6.45, 7) is 2.82. The lowest BCUT2D eigenvalue weighted by molar-refractivity contribution is -0.159. The van der Waals surface area contributed by atoms with Gasteiger partial charge in [-0.3, -0.25) is 19.3 Å². The summed E-state index contributed by atoms with van der Waals surface area (Å²) in [5, 5.41) is 2.68. The molecule has 0 unspecified atom stereocenters. The van der Waals surface area contributed by atoms with Gasteiger partial charge in [0.15, 0.2) is 6.61 Å². The van der Waals surface area contributed by atoms with Crippen LogP contribution in [-0.4, -0.2) is 41.2 Å². The van der Waals surface area contributed by atoms with Crippen molar-refractivity contribution in [3.05, 3.63) is 40.4 Å². The molecule has 3 amide bonds. The molecular weight excluding hydrogens is 440 g/mol. The summed E-state index contributed by atoms with van der Waals surface area (Å²) in [5.74, 6) is -2.45. The third kappa shape index (κ3) is 3.39. The Morgan fingerprint density at radius 3 is 2.41 bits per heavy atom. The molecule has 2 fully saturated rings. The van der Waals surface area contributed by atoms with Crippen molar-refractivity contribution in [3.63, 3.8) is 0 Å². The van der Waals surface area contributed by atoms with E-state index in [1.165, 1.54) is 6.92 Å². The van der Waals surface area contributed by atoms with Crippen LogP contribution in [0.4, 0.5) is 5.69 Å². The minimum absolute atomic E-state index is 0.0783. The number of hydrogen-bond donors (Lipinski definition) is 1. The van der Waals surface area contributed by atoms with E-state index in [2.05, 4.69) is 21.2 Å². The Morgan fingerprint density at radius 2 is 1.83 bits per heavy atom. The van der Waals surface area contributed by atoms with Crippen molar-refractivity contribution in [1.82, 2.24) is 4.90 Å². The first-order valence-corrected chi connectivity index (χ1v) is 10.3. The van der Waals surface area contributed by atoms with Crippen LogP contribution in [0.2, 0.25) is 0 Å². The Kier molecular flexibility index (Phi) is 5.06. The third-order valence-electron chi connectivity index (χ3n) is 6.04. The minimum Gasteiger partial charge on any atom is -0.454 e. The fourth-order valence-electron chi connectivity index (χ4n) is 4.62. The highest BCUT2D eigenvalue weighted by atomic mass is 79.9. The molecule has 0 radical (unpaired) electrons. The van der Waals surface area contributed by atoms with Gasteiger partial charge in [-0.25, -0.2) is 4.79 Å². The number of nitrogens with zero attached hydrogens (tertiary/aromatic N) is 1. The number of benzene rings is 1. The molecule has 152 valence electrons. The van der Waals surface area contributed by atoms with Crippen LogP contribution in [0, 0.1) is 30.6 Å². The van der Waals surface area contributed by atoms with Crippen LogP contribution in [0.15, 0.2) is 34.8 Å². The van der Waals surface area contributed by atoms with Crippen LogP contribution in [0.3, 0.4) is 0 Å². The van der Waals surface area contributed by atoms with Crippen LogP contribution in [0.1, 0.15) is 18.9 Å². The van der Waals surface area contributed by atoms with Crippen molar-refractivity contribution in [1.29, 1.82) is 0 Å². The van der Waals surface area contributed by atoms with Gasteiger partial charge in [0.05, 0.1) is 11.8 Å². The van der Waals surface area contributed by atoms with Crippen molar-refractivity contribution in [3.8, 4) is 0 Å². The number of esters is 1. The molecule has 1 aliphatic heterocycles. The molecule has 8 heteroatoms. The van der Waals surface area contributed by atoms with Crippen molar-refractivity contribution in [2.24, 2.45) is 23.7 Å². The molecule has 1 aromatic carbocycles. The van der Waals surface area contributed by atoms with Crippen molar-refractivity contribution in [2.75, 3.05) is 11.9 Å². The van der Waals surface area contributed by atoms with Gasteiger partial charge in [-0.15, -0.1) is 0 Å². The number of carbonyl (C=O) groups excluding carboxylic acids is 4. The molecule has 29 heavy (non-hydrogen) atoms. The lowest BCUT2D eigenvalue weighted by Crippen LogP contribution is -2.45. The average molecular weight is 461 g/mol. The second-order valence-electron chi connectivity index (χ2n) is 7.84. The van der Waals surface area contributed by atoms with E-state index in [0.29, 0.717) is 5.69 Å². The summed E-state index contributed by atoms with van der Waals surface area (Å²) >= 11 is 3.35. The molecule has 0 aromatic heterocycles. The van der Waals surface area contributed by atoms with Crippen LogP contribution < -0.4 is 5.32 Å². The Morgan fingerprint density at radius 1 is 1.21 bits per heavy atom. The highest BCUT2D eigenvalue weighted by molar-refractivity contribution is 9.10. The van der Waals surface area contributed by atoms with Crippen LogP contribution in [0.25, 0.3) is 0 Å². The van der Waals surface area contributed by atoms with Gasteiger partial charge in [-0.2, -0.15) is 0 Å². The Hall–Kier alpha value is -2.48. The zero-order valence-electron chi connectivity index (χ0n) is 16.1. The molecular formula is C21H21BrN2O5. The van der Waals surface area contributed by atoms with Crippen LogP contribution in [0.5, 0.6) is 0 Å². The number of allylic oxidation sites excluding steroid dienone is 2. The number of halogens is 1.